The van der Waals surface area contributed by atoms with Crippen LogP contribution in [0, 0.1) is 26.7 Å². The number of benzene rings is 1. The molecule has 0 radical (unpaired) electrons. The SMILES string of the molecule is Cc1ccc2c(C)c(C(=O)N3CCC[C@@H](CN4CCOCC4)C3)oc2c1C. The average Bonchev–Trinajstić information content (AvgIpc) is 3.02. The van der Waals surface area contributed by atoms with Crippen LogP contribution in [0.25, 0.3) is 11.0 Å². The molecule has 4 rings (SSSR count). The van der Waals surface area contributed by atoms with Gasteiger partial charge in [-0.25, -0.2) is 0 Å². The van der Waals surface area contributed by atoms with Crippen molar-refractivity contribution in [2.24, 2.45) is 5.92 Å². The molecule has 5 nitrogen and oxygen atoms in total. The Balaban J connectivity index is 1.51. The van der Waals surface area contributed by atoms with Gasteiger partial charge in [-0.05, 0) is 50.7 Å². The minimum Gasteiger partial charge on any atom is -0.450 e. The number of hydrogen-bond donors (Lipinski definition) is 0. The van der Waals surface area contributed by atoms with Crippen molar-refractivity contribution in [3.8, 4) is 0 Å². The average molecular weight is 370 g/mol. The maximum absolute atomic E-state index is 13.2. The molecule has 1 amide bonds. The second kappa shape index (κ2) is 7.64. The third-order valence-corrected chi connectivity index (χ3v) is 6.25. The Bertz CT molecular complexity index is 836. The maximum atomic E-state index is 13.2. The number of carbonyl (C=O) groups excluding carboxylic acids is 1. The summed E-state index contributed by atoms with van der Waals surface area (Å²) in [4.78, 5) is 17.7. The zero-order chi connectivity index (χ0) is 19.0. The Kier molecular flexibility index (Phi) is 5.24. The van der Waals surface area contributed by atoms with E-state index >= 15 is 0 Å². The van der Waals surface area contributed by atoms with E-state index in [1.54, 1.807) is 0 Å². The molecule has 2 aromatic rings. The molecule has 3 heterocycles. The van der Waals surface area contributed by atoms with Gasteiger partial charge in [0.25, 0.3) is 5.91 Å². The molecule has 2 saturated heterocycles. The van der Waals surface area contributed by atoms with Crippen LogP contribution in [0.15, 0.2) is 16.5 Å². The fourth-order valence-electron chi connectivity index (χ4n) is 4.41. The fraction of sp³-hybridized carbons (Fsp3) is 0.591. The van der Waals surface area contributed by atoms with Crippen LogP contribution in [0.3, 0.4) is 0 Å². The molecule has 146 valence electrons. The summed E-state index contributed by atoms with van der Waals surface area (Å²) in [6.45, 7) is 12.5. The van der Waals surface area contributed by atoms with Gasteiger partial charge in [0.1, 0.15) is 5.58 Å². The molecular formula is C22H30N2O3. The van der Waals surface area contributed by atoms with Crippen LogP contribution >= 0.6 is 0 Å². The normalized spacial score (nSPS) is 21.7. The highest BCUT2D eigenvalue weighted by molar-refractivity contribution is 5.99. The molecule has 0 bridgehead atoms. The number of piperidine rings is 1. The van der Waals surface area contributed by atoms with Crippen LogP contribution in [0.5, 0.6) is 0 Å². The van der Waals surface area contributed by atoms with E-state index in [0.717, 1.165) is 74.5 Å². The van der Waals surface area contributed by atoms with Crippen molar-refractivity contribution < 1.29 is 13.9 Å². The lowest BCUT2D eigenvalue weighted by Gasteiger charge is -2.36. The third kappa shape index (κ3) is 3.63. The lowest BCUT2D eigenvalue weighted by molar-refractivity contribution is 0.0220. The van der Waals surface area contributed by atoms with Gasteiger partial charge in [0.2, 0.25) is 0 Å². The molecule has 1 aromatic carbocycles. The maximum Gasteiger partial charge on any atom is 0.289 e. The van der Waals surface area contributed by atoms with Crippen molar-refractivity contribution in [3.05, 3.63) is 34.6 Å². The highest BCUT2D eigenvalue weighted by Gasteiger charge is 2.29. The smallest absolute Gasteiger partial charge is 0.289 e. The van der Waals surface area contributed by atoms with Crippen LogP contribution in [-0.2, 0) is 4.74 Å². The molecule has 2 aliphatic heterocycles. The first-order valence-corrected chi connectivity index (χ1v) is 10.1. The number of rotatable bonds is 3. The number of amides is 1. The molecule has 2 fully saturated rings. The van der Waals surface area contributed by atoms with Gasteiger partial charge in [0, 0.05) is 43.7 Å². The number of fused-ring (bicyclic) bond motifs is 1. The second-order valence-corrected chi connectivity index (χ2v) is 8.11. The fourth-order valence-corrected chi connectivity index (χ4v) is 4.41. The number of ether oxygens (including phenoxy) is 1. The van der Waals surface area contributed by atoms with Crippen molar-refractivity contribution >= 4 is 16.9 Å². The van der Waals surface area contributed by atoms with Gasteiger partial charge in [0.05, 0.1) is 13.2 Å². The quantitative estimate of drug-likeness (QED) is 0.829. The second-order valence-electron chi connectivity index (χ2n) is 8.11. The van der Waals surface area contributed by atoms with Crippen molar-refractivity contribution in [1.29, 1.82) is 0 Å². The van der Waals surface area contributed by atoms with E-state index in [4.69, 9.17) is 9.15 Å². The molecule has 1 aromatic heterocycles. The lowest BCUT2D eigenvalue weighted by Crippen LogP contribution is -2.46. The number of nitrogens with zero attached hydrogens (tertiary/aromatic N) is 2. The first-order chi connectivity index (χ1) is 13.0. The van der Waals surface area contributed by atoms with E-state index < -0.39 is 0 Å². The van der Waals surface area contributed by atoms with Crippen LogP contribution in [-0.4, -0.2) is 61.6 Å². The van der Waals surface area contributed by atoms with Crippen LogP contribution in [0.4, 0.5) is 0 Å². The Morgan fingerprint density at radius 1 is 1.11 bits per heavy atom. The van der Waals surface area contributed by atoms with Crippen molar-refractivity contribution in [2.45, 2.75) is 33.6 Å². The first kappa shape index (κ1) is 18.5. The molecule has 1 atom stereocenters. The van der Waals surface area contributed by atoms with E-state index in [0.29, 0.717) is 11.7 Å². The summed E-state index contributed by atoms with van der Waals surface area (Å²) in [5.41, 5.74) is 4.14. The van der Waals surface area contributed by atoms with Crippen LogP contribution < -0.4 is 0 Å². The highest BCUT2D eigenvalue weighted by Crippen LogP contribution is 2.31. The molecule has 0 unspecified atom stereocenters. The Morgan fingerprint density at radius 3 is 2.67 bits per heavy atom. The largest absolute Gasteiger partial charge is 0.450 e. The number of likely N-dealkylation sites (tertiary alicyclic amines) is 1. The summed E-state index contributed by atoms with van der Waals surface area (Å²) >= 11 is 0. The minimum atomic E-state index is 0.0485. The predicted octanol–water partition coefficient (Wildman–Crippen LogP) is 3.54. The van der Waals surface area contributed by atoms with Gasteiger partial charge in [0.15, 0.2) is 5.76 Å². The summed E-state index contributed by atoms with van der Waals surface area (Å²) in [7, 11) is 0. The Labute approximate surface area is 161 Å². The summed E-state index contributed by atoms with van der Waals surface area (Å²) in [6, 6.07) is 4.18. The van der Waals surface area contributed by atoms with E-state index in [-0.39, 0.29) is 5.91 Å². The van der Waals surface area contributed by atoms with Gasteiger partial charge in [-0.2, -0.15) is 0 Å². The number of morpholine rings is 1. The molecule has 5 heteroatoms. The lowest BCUT2D eigenvalue weighted by atomic mass is 9.96. The molecule has 0 saturated carbocycles. The molecule has 2 aliphatic rings. The van der Waals surface area contributed by atoms with Crippen molar-refractivity contribution in [1.82, 2.24) is 9.80 Å². The predicted molar refractivity (Wildman–Crippen MR) is 106 cm³/mol. The van der Waals surface area contributed by atoms with Gasteiger partial charge in [-0.1, -0.05) is 12.1 Å². The summed E-state index contributed by atoms with van der Waals surface area (Å²) in [5, 5.41) is 1.06. The molecule has 0 spiro atoms. The Morgan fingerprint density at radius 2 is 1.89 bits per heavy atom. The minimum absolute atomic E-state index is 0.0485. The monoisotopic (exact) mass is 370 g/mol. The van der Waals surface area contributed by atoms with Crippen LogP contribution in [0.1, 0.15) is 40.1 Å². The van der Waals surface area contributed by atoms with E-state index in [9.17, 15) is 4.79 Å². The van der Waals surface area contributed by atoms with E-state index in [2.05, 4.69) is 30.9 Å². The third-order valence-electron chi connectivity index (χ3n) is 6.25. The zero-order valence-electron chi connectivity index (χ0n) is 16.7. The van der Waals surface area contributed by atoms with Gasteiger partial charge in [-0.15, -0.1) is 0 Å². The molecule has 27 heavy (non-hydrogen) atoms. The summed E-state index contributed by atoms with van der Waals surface area (Å²) < 4.78 is 11.5. The van der Waals surface area contributed by atoms with Gasteiger partial charge in [-0.3, -0.25) is 9.69 Å². The number of carbonyl (C=O) groups is 1. The van der Waals surface area contributed by atoms with E-state index in [1.165, 1.54) is 12.0 Å². The number of hydrogen-bond acceptors (Lipinski definition) is 4. The van der Waals surface area contributed by atoms with Gasteiger partial charge < -0.3 is 14.1 Å². The highest BCUT2D eigenvalue weighted by atomic mass is 16.5. The summed E-state index contributed by atoms with van der Waals surface area (Å²) in [5.74, 6) is 1.10. The first-order valence-electron chi connectivity index (χ1n) is 10.1. The standard InChI is InChI=1S/C22H30N2O3/c1-15-6-7-19-17(3)21(27-20(19)16(15)2)22(25)24-8-4-5-18(14-24)13-23-9-11-26-12-10-23/h6-7,18H,4-5,8-14H2,1-3H3/t18-/m0/s1. The topological polar surface area (TPSA) is 45.9 Å². The van der Waals surface area contributed by atoms with E-state index in [1.807, 2.05) is 11.8 Å². The van der Waals surface area contributed by atoms with Crippen LogP contribution in [0.2, 0.25) is 0 Å². The molecule has 0 N–H and O–H groups in total. The number of furan rings is 1. The zero-order valence-corrected chi connectivity index (χ0v) is 16.7. The van der Waals surface area contributed by atoms with Crippen molar-refractivity contribution in [3.63, 3.8) is 0 Å². The summed E-state index contributed by atoms with van der Waals surface area (Å²) in [6.07, 6.45) is 2.26. The van der Waals surface area contributed by atoms with Crippen molar-refractivity contribution in [2.75, 3.05) is 45.9 Å². The Hall–Kier alpha value is -1.85. The molecular weight excluding hydrogens is 340 g/mol. The van der Waals surface area contributed by atoms with Gasteiger partial charge >= 0.3 is 0 Å². The number of aryl methyl sites for hydroxylation is 3. The molecule has 0 aliphatic carbocycles.